The van der Waals surface area contributed by atoms with E-state index >= 15 is 0 Å². The number of benzene rings is 2. The van der Waals surface area contributed by atoms with E-state index in [4.69, 9.17) is 0 Å². The lowest BCUT2D eigenvalue weighted by Gasteiger charge is -2.15. The Morgan fingerprint density at radius 2 is 1.95 bits per heavy atom. The molecule has 0 amide bonds. The molecule has 0 spiro atoms. The zero-order valence-corrected chi connectivity index (χ0v) is 13.4. The van der Waals surface area contributed by atoms with Crippen molar-refractivity contribution in [2.75, 3.05) is 0 Å². The van der Waals surface area contributed by atoms with Crippen LogP contribution in [0.15, 0.2) is 53.0 Å². The Morgan fingerprint density at radius 1 is 1.15 bits per heavy atom. The second-order valence-electron chi connectivity index (χ2n) is 5.68. The largest absolute Gasteiger partial charge is 0.306 e. The highest BCUT2D eigenvalue weighted by molar-refractivity contribution is 9.10. The first-order chi connectivity index (χ1) is 9.72. The summed E-state index contributed by atoms with van der Waals surface area (Å²) in [6.07, 6.45) is 2.73. The Morgan fingerprint density at radius 3 is 2.70 bits per heavy atom. The van der Waals surface area contributed by atoms with Crippen LogP contribution in [0, 0.1) is 0 Å². The van der Waals surface area contributed by atoms with Crippen LogP contribution in [-0.2, 0) is 6.54 Å². The molecular weight excluding hydrogens is 310 g/mol. The van der Waals surface area contributed by atoms with E-state index in [2.05, 4.69) is 76.7 Å². The molecule has 1 aliphatic rings. The minimum Gasteiger partial charge on any atom is -0.306 e. The van der Waals surface area contributed by atoms with E-state index in [1.54, 1.807) is 0 Å². The van der Waals surface area contributed by atoms with Gasteiger partial charge in [0.25, 0.3) is 0 Å². The smallest absolute Gasteiger partial charge is 0.0295 e. The van der Waals surface area contributed by atoms with E-state index in [0.717, 1.165) is 16.9 Å². The molecule has 104 valence electrons. The van der Waals surface area contributed by atoms with Gasteiger partial charge in [-0.3, -0.25) is 0 Å². The van der Waals surface area contributed by atoms with Crippen molar-refractivity contribution in [2.45, 2.75) is 38.3 Å². The van der Waals surface area contributed by atoms with Gasteiger partial charge in [0.05, 0.1) is 0 Å². The summed E-state index contributed by atoms with van der Waals surface area (Å²) < 4.78 is 1.14. The predicted octanol–water partition coefficient (Wildman–Crippen LogP) is 5.18. The fourth-order valence-electron chi connectivity index (χ4n) is 2.54. The molecule has 3 rings (SSSR count). The lowest BCUT2D eigenvalue weighted by Crippen LogP contribution is -2.18. The van der Waals surface area contributed by atoms with E-state index in [1.807, 2.05) is 0 Å². The fourth-order valence-corrected chi connectivity index (χ4v) is 2.96. The molecule has 1 atom stereocenters. The van der Waals surface area contributed by atoms with Crippen molar-refractivity contribution in [3.63, 3.8) is 0 Å². The molecule has 0 heterocycles. The van der Waals surface area contributed by atoms with Crippen molar-refractivity contribution in [3.05, 3.63) is 69.7 Å². The minimum absolute atomic E-state index is 0.358. The van der Waals surface area contributed by atoms with Crippen LogP contribution in [0.5, 0.6) is 0 Å². The van der Waals surface area contributed by atoms with Gasteiger partial charge in [-0.15, -0.1) is 0 Å². The van der Waals surface area contributed by atoms with Gasteiger partial charge in [0.1, 0.15) is 0 Å². The highest BCUT2D eigenvalue weighted by Gasteiger charge is 2.23. The Bertz CT molecular complexity index is 589. The maximum Gasteiger partial charge on any atom is 0.0295 e. The van der Waals surface area contributed by atoms with Crippen molar-refractivity contribution < 1.29 is 0 Å². The van der Waals surface area contributed by atoms with Gasteiger partial charge in [0, 0.05) is 17.1 Å². The average molecular weight is 330 g/mol. The molecule has 0 aliphatic heterocycles. The lowest BCUT2D eigenvalue weighted by atomic mass is 10.1. The molecule has 0 unspecified atom stereocenters. The van der Waals surface area contributed by atoms with E-state index in [1.165, 1.54) is 29.5 Å². The van der Waals surface area contributed by atoms with E-state index in [9.17, 15) is 0 Å². The third kappa shape index (κ3) is 3.50. The summed E-state index contributed by atoms with van der Waals surface area (Å²) >= 11 is 3.53. The van der Waals surface area contributed by atoms with E-state index in [-0.39, 0.29) is 0 Å². The molecule has 0 aromatic heterocycles. The number of rotatable bonds is 5. The van der Waals surface area contributed by atoms with Crippen LogP contribution < -0.4 is 5.32 Å². The summed E-state index contributed by atoms with van der Waals surface area (Å²) in [7, 11) is 0. The summed E-state index contributed by atoms with van der Waals surface area (Å²) in [5.74, 6) is 0.831. The summed E-state index contributed by atoms with van der Waals surface area (Å²) in [4.78, 5) is 0. The molecule has 20 heavy (non-hydrogen) atoms. The molecule has 0 saturated heterocycles. The Kier molecular flexibility index (Phi) is 4.23. The zero-order valence-electron chi connectivity index (χ0n) is 11.8. The van der Waals surface area contributed by atoms with Crippen LogP contribution in [0.2, 0.25) is 0 Å². The van der Waals surface area contributed by atoms with Crippen molar-refractivity contribution in [3.8, 4) is 0 Å². The van der Waals surface area contributed by atoms with E-state index in [0.29, 0.717) is 6.04 Å². The number of hydrogen-bond donors (Lipinski definition) is 1. The molecule has 1 N–H and O–H groups in total. The Hall–Kier alpha value is -1.12. The number of hydrogen-bond acceptors (Lipinski definition) is 1. The van der Waals surface area contributed by atoms with Crippen LogP contribution in [0.1, 0.15) is 48.4 Å². The second kappa shape index (κ2) is 6.11. The van der Waals surface area contributed by atoms with Gasteiger partial charge < -0.3 is 5.32 Å². The van der Waals surface area contributed by atoms with Crippen LogP contribution in [0.3, 0.4) is 0 Å². The second-order valence-corrected chi connectivity index (χ2v) is 6.59. The summed E-state index contributed by atoms with van der Waals surface area (Å²) in [6, 6.07) is 17.9. The lowest BCUT2D eigenvalue weighted by molar-refractivity contribution is 0.574. The molecule has 1 aliphatic carbocycles. The third-order valence-corrected chi connectivity index (χ3v) is 4.45. The molecule has 2 aromatic carbocycles. The normalized spacial score (nSPS) is 16.1. The summed E-state index contributed by atoms with van der Waals surface area (Å²) in [5.41, 5.74) is 4.22. The predicted molar refractivity (Wildman–Crippen MR) is 87.8 cm³/mol. The van der Waals surface area contributed by atoms with Crippen LogP contribution in [0.25, 0.3) is 0 Å². The fraction of sp³-hybridized carbons (Fsp3) is 0.333. The van der Waals surface area contributed by atoms with Gasteiger partial charge in [-0.1, -0.05) is 52.3 Å². The Balaban J connectivity index is 1.62. The highest BCUT2D eigenvalue weighted by Crippen LogP contribution is 2.40. The first kappa shape index (κ1) is 13.8. The zero-order chi connectivity index (χ0) is 13.9. The molecule has 0 bridgehead atoms. The molecule has 1 saturated carbocycles. The molecular formula is C18H20BrN. The van der Waals surface area contributed by atoms with Gasteiger partial charge in [0.15, 0.2) is 0 Å². The first-order valence-electron chi connectivity index (χ1n) is 7.30. The van der Waals surface area contributed by atoms with Gasteiger partial charge in [0.2, 0.25) is 0 Å². The van der Waals surface area contributed by atoms with Gasteiger partial charge in [-0.25, -0.2) is 0 Å². The molecule has 2 aromatic rings. The van der Waals surface area contributed by atoms with E-state index < -0.39 is 0 Å². The van der Waals surface area contributed by atoms with Crippen molar-refractivity contribution in [1.29, 1.82) is 0 Å². The van der Waals surface area contributed by atoms with Crippen molar-refractivity contribution in [1.82, 2.24) is 5.32 Å². The van der Waals surface area contributed by atoms with Gasteiger partial charge >= 0.3 is 0 Å². The molecule has 1 fully saturated rings. The average Bonchev–Trinajstić information content (AvgIpc) is 3.30. The maximum atomic E-state index is 3.61. The standard InChI is InChI=1S/C18H20BrN/c1-13(16-5-3-7-18(19)11-16)20-12-14-4-2-6-17(10-14)15-8-9-15/h2-7,10-11,13,15,20H,8-9,12H2,1H3/t13-/m1/s1. The maximum absolute atomic E-state index is 3.61. The van der Waals surface area contributed by atoms with Crippen LogP contribution in [0.4, 0.5) is 0 Å². The summed E-state index contributed by atoms with van der Waals surface area (Å²) in [5, 5.41) is 3.61. The van der Waals surface area contributed by atoms with Crippen LogP contribution >= 0.6 is 15.9 Å². The summed E-state index contributed by atoms with van der Waals surface area (Å²) in [6.45, 7) is 3.14. The Labute approximate surface area is 129 Å². The molecule has 0 radical (unpaired) electrons. The first-order valence-corrected chi connectivity index (χ1v) is 8.09. The van der Waals surface area contributed by atoms with Gasteiger partial charge in [-0.05, 0) is 54.5 Å². The SMILES string of the molecule is C[C@@H](NCc1cccc(C2CC2)c1)c1cccc(Br)c1. The minimum atomic E-state index is 0.358. The van der Waals surface area contributed by atoms with Crippen molar-refractivity contribution >= 4 is 15.9 Å². The monoisotopic (exact) mass is 329 g/mol. The number of halogens is 1. The topological polar surface area (TPSA) is 12.0 Å². The quantitative estimate of drug-likeness (QED) is 0.797. The highest BCUT2D eigenvalue weighted by atomic mass is 79.9. The molecule has 2 heteroatoms. The van der Waals surface area contributed by atoms with Crippen molar-refractivity contribution in [2.24, 2.45) is 0 Å². The third-order valence-electron chi connectivity index (χ3n) is 3.96. The van der Waals surface area contributed by atoms with Gasteiger partial charge in [-0.2, -0.15) is 0 Å². The van der Waals surface area contributed by atoms with Crippen LogP contribution in [-0.4, -0.2) is 0 Å². The number of nitrogens with one attached hydrogen (secondary N) is 1. The molecule has 1 nitrogen and oxygen atoms in total.